The van der Waals surface area contributed by atoms with Gasteiger partial charge in [0.25, 0.3) is 11.5 Å². The number of anilines is 1. The zero-order valence-corrected chi connectivity index (χ0v) is 17.5. The summed E-state index contributed by atoms with van der Waals surface area (Å²) in [6.07, 6.45) is 3.05. The Morgan fingerprint density at radius 3 is 2.69 bits per heavy atom. The smallest absolute Gasteiger partial charge is 0.263 e. The van der Waals surface area contributed by atoms with Gasteiger partial charge in [-0.1, -0.05) is 0 Å². The molecule has 0 saturated heterocycles. The Bertz CT molecular complexity index is 1100. The number of likely N-dealkylation sites (N-methyl/N-ethyl adjacent to an activating group) is 1. The zero-order chi connectivity index (χ0) is 21.1. The molecule has 0 atom stereocenters. The molecular weight excluding hydrogens is 392 g/mol. The maximum absolute atomic E-state index is 12.7. The fraction of sp³-hybridized carbons (Fsp3) is 0.316. The molecule has 10 heteroatoms. The number of aryl methyl sites for hydroxylation is 2. The summed E-state index contributed by atoms with van der Waals surface area (Å²) in [5.74, 6) is -0.797. The second-order valence-electron chi connectivity index (χ2n) is 6.67. The molecule has 0 saturated carbocycles. The lowest BCUT2D eigenvalue weighted by Gasteiger charge is -2.18. The van der Waals surface area contributed by atoms with E-state index in [-0.39, 0.29) is 18.0 Å². The maximum atomic E-state index is 12.7. The summed E-state index contributed by atoms with van der Waals surface area (Å²) < 4.78 is 3.01. The van der Waals surface area contributed by atoms with Crippen LogP contribution in [0.15, 0.2) is 34.7 Å². The van der Waals surface area contributed by atoms with Crippen LogP contribution in [0.3, 0.4) is 0 Å². The van der Waals surface area contributed by atoms with E-state index in [1.54, 1.807) is 34.3 Å². The average Bonchev–Trinajstić information content (AvgIpc) is 3.27. The Morgan fingerprint density at radius 1 is 1.31 bits per heavy atom. The summed E-state index contributed by atoms with van der Waals surface area (Å²) in [6, 6.07) is 3.00. The molecule has 0 unspecified atom stereocenters. The lowest BCUT2D eigenvalue weighted by atomic mass is 10.2. The van der Waals surface area contributed by atoms with Crippen LogP contribution in [0, 0.1) is 13.8 Å². The number of hydrogen-bond acceptors (Lipinski definition) is 6. The number of nitrogens with one attached hydrogen (secondary N) is 1. The van der Waals surface area contributed by atoms with Crippen molar-refractivity contribution in [3.63, 3.8) is 0 Å². The SMILES string of the molecule is Cc1nn(C)c(C)c1CN(C)C(=O)Cn1cccc(C(=O)Nc2nccs2)c1=O. The van der Waals surface area contributed by atoms with E-state index in [9.17, 15) is 14.4 Å². The summed E-state index contributed by atoms with van der Waals surface area (Å²) in [7, 11) is 3.54. The highest BCUT2D eigenvalue weighted by molar-refractivity contribution is 7.13. The second-order valence-corrected chi connectivity index (χ2v) is 7.56. The van der Waals surface area contributed by atoms with Gasteiger partial charge >= 0.3 is 0 Å². The average molecular weight is 414 g/mol. The molecule has 0 aliphatic rings. The van der Waals surface area contributed by atoms with E-state index in [1.807, 2.05) is 20.9 Å². The van der Waals surface area contributed by atoms with Gasteiger partial charge in [-0.25, -0.2) is 4.98 Å². The van der Waals surface area contributed by atoms with Crippen molar-refractivity contribution in [2.45, 2.75) is 26.9 Å². The Kier molecular flexibility index (Phi) is 5.92. The molecule has 0 aromatic carbocycles. The van der Waals surface area contributed by atoms with E-state index in [0.29, 0.717) is 11.7 Å². The summed E-state index contributed by atoms with van der Waals surface area (Å²) in [5, 5.41) is 9.06. The molecule has 0 radical (unpaired) electrons. The fourth-order valence-corrected chi connectivity index (χ4v) is 3.45. The number of carbonyl (C=O) groups excluding carboxylic acids is 2. The monoisotopic (exact) mass is 414 g/mol. The molecule has 3 aromatic rings. The van der Waals surface area contributed by atoms with Gasteiger partial charge in [0.1, 0.15) is 12.1 Å². The van der Waals surface area contributed by atoms with Crippen LogP contribution in [-0.4, -0.2) is 43.1 Å². The highest BCUT2D eigenvalue weighted by Crippen LogP contribution is 2.14. The van der Waals surface area contributed by atoms with Crippen molar-refractivity contribution in [3.05, 3.63) is 62.8 Å². The summed E-state index contributed by atoms with van der Waals surface area (Å²) in [4.78, 5) is 43.2. The predicted octanol–water partition coefficient (Wildman–Crippen LogP) is 1.57. The standard InChI is InChI=1S/C19H22N6O3S/c1-12-15(13(2)24(4)22-12)10-23(3)16(26)11-25-8-5-6-14(18(25)28)17(27)21-19-20-7-9-29-19/h5-9H,10-11H2,1-4H3,(H,20,21,27). The third kappa shape index (κ3) is 4.43. The Balaban J connectivity index is 1.73. The van der Waals surface area contributed by atoms with E-state index in [2.05, 4.69) is 15.4 Å². The normalized spacial score (nSPS) is 10.8. The number of carbonyl (C=O) groups is 2. The van der Waals surface area contributed by atoms with Crippen LogP contribution in [0.5, 0.6) is 0 Å². The van der Waals surface area contributed by atoms with Crippen molar-refractivity contribution >= 4 is 28.3 Å². The molecule has 2 amide bonds. The Hall–Kier alpha value is -3.27. The summed E-state index contributed by atoms with van der Waals surface area (Å²) >= 11 is 1.26. The Labute approximate surface area is 171 Å². The van der Waals surface area contributed by atoms with Gasteiger partial charge < -0.3 is 9.47 Å². The minimum absolute atomic E-state index is 0.0444. The minimum Gasteiger partial charge on any atom is -0.340 e. The molecule has 0 spiro atoms. The number of nitrogens with zero attached hydrogens (tertiary/aromatic N) is 5. The molecule has 0 fully saturated rings. The molecule has 3 heterocycles. The van der Waals surface area contributed by atoms with Crippen LogP contribution in [0.2, 0.25) is 0 Å². The van der Waals surface area contributed by atoms with Gasteiger partial charge in [0.15, 0.2) is 5.13 Å². The molecule has 1 N–H and O–H groups in total. The van der Waals surface area contributed by atoms with Gasteiger partial charge in [0.05, 0.1) is 5.69 Å². The van der Waals surface area contributed by atoms with Crippen molar-refractivity contribution in [1.82, 2.24) is 24.2 Å². The van der Waals surface area contributed by atoms with E-state index >= 15 is 0 Å². The largest absolute Gasteiger partial charge is 0.340 e. The van der Waals surface area contributed by atoms with Gasteiger partial charge in [-0.2, -0.15) is 5.10 Å². The van der Waals surface area contributed by atoms with Crippen LogP contribution in [0.25, 0.3) is 0 Å². The van der Waals surface area contributed by atoms with Crippen LogP contribution >= 0.6 is 11.3 Å². The van der Waals surface area contributed by atoms with Crippen LogP contribution in [0.1, 0.15) is 27.3 Å². The van der Waals surface area contributed by atoms with Gasteiger partial charge in [0.2, 0.25) is 5.91 Å². The number of aromatic nitrogens is 4. The number of amides is 2. The van der Waals surface area contributed by atoms with Crippen molar-refractivity contribution in [3.8, 4) is 0 Å². The minimum atomic E-state index is -0.554. The molecule has 0 aliphatic carbocycles. The predicted molar refractivity (Wildman–Crippen MR) is 110 cm³/mol. The Morgan fingerprint density at radius 2 is 2.07 bits per heavy atom. The molecule has 9 nitrogen and oxygen atoms in total. The van der Waals surface area contributed by atoms with Gasteiger partial charge in [-0.3, -0.25) is 24.4 Å². The number of thiazole rings is 1. The van der Waals surface area contributed by atoms with E-state index in [1.165, 1.54) is 28.2 Å². The first-order valence-corrected chi connectivity index (χ1v) is 9.79. The number of pyridine rings is 1. The van der Waals surface area contributed by atoms with Crippen molar-refractivity contribution in [2.24, 2.45) is 7.05 Å². The van der Waals surface area contributed by atoms with Crippen LogP contribution in [-0.2, 0) is 24.9 Å². The number of hydrogen-bond donors (Lipinski definition) is 1. The third-order valence-corrected chi connectivity index (χ3v) is 5.39. The van der Waals surface area contributed by atoms with E-state index < -0.39 is 11.5 Å². The third-order valence-electron chi connectivity index (χ3n) is 4.70. The zero-order valence-electron chi connectivity index (χ0n) is 16.7. The first-order valence-electron chi connectivity index (χ1n) is 8.91. The molecule has 0 aliphatic heterocycles. The summed E-state index contributed by atoms with van der Waals surface area (Å²) in [5.41, 5.74) is 2.25. The molecule has 29 heavy (non-hydrogen) atoms. The maximum Gasteiger partial charge on any atom is 0.263 e. The van der Waals surface area contributed by atoms with Gasteiger partial charge in [-0.05, 0) is 26.0 Å². The molecular formula is C19H22N6O3S. The highest BCUT2D eigenvalue weighted by Gasteiger charge is 2.18. The summed E-state index contributed by atoms with van der Waals surface area (Å²) in [6.45, 7) is 4.08. The van der Waals surface area contributed by atoms with Crippen molar-refractivity contribution < 1.29 is 9.59 Å². The topological polar surface area (TPSA) is 102 Å². The molecule has 0 bridgehead atoms. The first kappa shape index (κ1) is 20.5. The lowest BCUT2D eigenvalue weighted by molar-refractivity contribution is -0.131. The molecule has 3 rings (SSSR count). The van der Waals surface area contributed by atoms with Crippen molar-refractivity contribution in [2.75, 3.05) is 12.4 Å². The fourth-order valence-electron chi connectivity index (χ4n) is 2.92. The first-order chi connectivity index (χ1) is 13.8. The van der Waals surface area contributed by atoms with Gasteiger partial charge in [0, 0.05) is 49.7 Å². The second kappa shape index (κ2) is 8.39. The van der Waals surface area contributed by atoms with Gasteiger partial charge in [-0.15, -0.1) is 11.3 Å². The lowest BCUT2D eigenvalue weighted by Crippen LogP contribution is -2.35. The van der Waals surface area contributed by atoms with E-state index in [0.717, 1.165) is 17.0 Å². The van der Waals surface area contributed by atoms with Crippen LogP contribution < -0.4 is 10.9 Å². The molecule has 3 aromatic heterocycles. The van der Waals surface area contributed by atoms with Crippen molar-refractivity contribution in [1.29, 1.82) is 0 Å². The van der Waals surface area contributed by atoms with Crippen LogP contribution in [0.4, 0.5) is 5.13 Å². The quantitative estimate of drug-likeness (QED) is 0.660. The molecule has 152 valence electrons. The number of rotatable bonds is 6. The van der Waals surface area contributed by atoms with E-state index in [4.69, 9.17) is 0 Å². The highest BCUT2D eigenvalue weighted by atomic mass is 32.1.